The second-order valence-electron chi connectivity index (χ2n) is 11.6. The molecule has 0 fully saturated rings. The van der Waals surface area contributed by atoms with Crippen LogP contribution in [0.4, 0.5) is 0 Å². The second kappa shape index (κ2) is 12.2. The molecule has 0 N–H and O–H groups in total. The molecular formula is C36H36Cl2SiZr. The maximum absolute atomic E-state index is 3.88. The molecule has 202 valence electrons. The molecule has 0 radical (unpaired) electrons. The molecular weight excluding hydrogens is 623 g/mol. The average molecular weight is 659 g/mol. The van der Waals surface area contributed by atoms with Crippen LogP contribution in [0, 0.1) is 0 Å². The Morgan fingerprint density at radius 3 is 1.10 bits per heavy atom. The molecule has 40 heavy (non-hydrogen) atoms. The van der Waals surface area contributed by atoms with Crippen molar-refractivity contribution in [2.24, 2.45) is 0 Å². The maximum atomic E-state index is 2.68. The molecule has 0 heterocycles. The molecule has 2 unspecified atom stereocenters. The van der Waals surface area contributed by atoms with Gasteiger partial charge in [0.05, 0.1) is 0 Å². The summed E-state index contributed by atoms with van der Waals surface area (Å²) in [7, 11) is 0. The summed E-state index contributed by atoms with van der Waals surface area (Å²) in [6.45, 7) is 2.37. The van der Waals surface area contributed by atoms with E-state index in [4.69, 9.17) is 0 Å². The summed E-state index contributed by atoms with van der Waals surface area (Å²) in [5.74, 6) is 0.595. The predicted molar refractivity (Wildman–Crippen MR) is 178 cm³/mol. The first kappa shape index (κ1) is 30.5. The van der Waals surface area contributed by atoms with E-state index in [1.807, 2.05) is 0 Å². The Morgan fingerprint density at radius 1 is 0.475 bits per heavy atom. The summed E-state index contributed by atoms with van der Waals surface area (Å²) in [4.78, 5) is 0. The Bertz CT molecular complexity index is 1540. The predicted octanol–water partition coefficient (Wildman–Crippen LogP) is 9.69. The topological polar surface area (TPSA) is 0 Å². The summed E-state index contributed by atoms with van der Waals surface area (Å²) in [6.07, 6.45) is 9.76. The van der Waals surface area contributed by atoms with Crippen molar-refractivity contribution < 1.29 is 17.4 Å². The number of benzene rings is 4. The first-order valence-corrected chi connectivity index (χ1v) is 26.9. The van der Waals surface area contributed by atoms with E-state index in [0.29, 0.717) is 11.8 Å². The zero-order valence-electron chi connectivity index (χ0n) is 23.0. The third-order valence-corrected chi connectivity index (χ3v) is 24.2. The van der Waals surface area contributed by atoms with Crippen molar-refractivity contribution >= 4 is 42.8 Å². The molecule has 4 aromatic rings. The molecule has 2 atom stereocenters. The van der Waals surface area contributed by atoms with Gasteiger partial charge >= 0.3 is 231 Å². The molecule has 0 nitrogen and oxygen atoms in total. The normalized spacial score (nSPS) is 18.5. The second-order valence-corrected chi connectivity index (χ2v) is 40.0. The summed E-state index contributed by atoms with van der Waals surface area (Å²) in [5, 5.41) is 0. The molecule has 0 aliphatic heterocycles. The van der Waals surface area contributed by atoms with Gasteiger partial charge in [-0.15, -0.1) is 24.8 Å². The Kier molecular flexibility index (Phi) is 9.28. The summed E-state index contributed by atoms with van der Waals surface area (Å²) in [6, 6.07) is 44.3. The van der Waals surface area contributed by atoms with Crippen molar-refractivity contribution in [2.75, 3.05) is 0 Å². The Hall–Kier alpha value is -2.48. The van der Waals surface area contributed by atoms with Crippen molar-refractivity contribution in [1.29, 1.82) is 0 Å². The summed E-state index contributed by atoms with van der Waals surface area (Å²) < 4.78 is 8.72. The van der Waals surface area contributed by atoms with E-state index in [1.54, 1.807) is 6.56 Å². The molecule has 6 rings (SSSR count). The van der Waals surface area contributed by atoms with Gasteiger partial charge < -0.3 is 0 Å². The molecule has 2 aliphatic rings. The van der Waals surface area contributed by atoms with E-state index >= 15 is 0 Å². The first-order chi connectivity index (χ1) is 18.4. The van der Waals surface area contributed by atoms with E-state index < -0.39 is 17.4 Å². The average Bonchev–Trinajstić information content (AvgIpc) is 3.62. The monoisotopic (exact) mass is 656 g/mol. The molecule has 0 saturated carbocycles. The molecule has 2 aliphatic carbocycles. The van der Waals surface area contributed by atoms with Gasteiger partial charge in [-0.25, -0.2) is 0 Å². The van der Waals surface area contributed by atoms with Crippen LogP contribution < -0.4 is 0 Å². The Balaban J connectivity index is 0.00000185. The van der Waals surface area contributed by atoms with Gasteiger partial charge in [-0.3, -0.25) is 0 Å². The van der Waals surface area contributed by atoms with Gasteiger partial charge in [0.25, 0.3) is 0 Å². The number of halogens is 2. The van der Waals surface area contributed by atoms with Crippen molar-refractivity contribution in [2.45, 2.75) is 21.1 Å². The minimum absolute atomic E-state index is 0. The van der Waals surface area contributed by atoms with Crippen LogP contribution in [0.2, 0.25) is 9.26 Å². The van der Waals surface area contributed by atoms with Gasteiger partial charge in [-0.05, 0) is 0 Å². The fourth-order valence-electron chi connectivity index (χ4n) is 6.71. The van der Waals surface area contributed by atoms with Crippen LogP contribution in [-0.2, 0) is 17.4 Å². The number of rotatable bonds is 6. The summed E-state index contributed by atoms with van der Waals surface area (Å²) in [5.41, 5.74) is 8.32. The van der Waals surface area contributed by atoms with E-state index in [0.717, 1.165) is 0 Å². The van der Waals surface area contributed by atoms with Gasteiger partial charge in [0, 0.05) is 0 Å². The van der Waals surface area contributed by atoms with Crippen LogP contribution in [0.15, 0.2) is 152 Å². The van der Waals surface area contributed by atoms with E-state index in [2.05, 4.69) is 162 Å². The Labute approximate surface area is 253 Å². The zero-order valence-corrected chi connectivity index (χ0v) is 28.5. The van der Waals surface area contributed by atoms with Crippen LogP contribution in [0.1, 0.15) is 34.1 Å². The van der Waals surface area contributed by atoms with Crippen molar-refractivity contribution in [3.63, 3.8) is 0 Å². The van der Waals surface area contributed by atoms with Gasteiger partial charge in [-0.2, -0.15) is 0 Å². The molecule has 0 bridgehead atoms. The van der Waals surface area contributed by atoms with Crippen molar-refractivity contribution in [1.82, 2.24) is 0 Å². The fourth-order valence-corrected chi connectivity index (χ4v) is 23.8. The van der Waals surface area contributed by atoms with E-state index in [-0.39, 0.29) is 24.8 Å². The Morgan fingerprint density at radius 2 is 0.775 bits per heavy atom. The molecule has 4 aromatic carbocycles. The quantitative estimate of drug-likeness (QED) is 0.181. The third-order valence-electron chi connectivity index (χ3n) is 8.33. The van der Waals surface area contributed by atoms with Crippen molar-refractivity contribution in [3.8, 4) is 0 Å². The van der Waals surface area contributed by atoms with Gasteiger partial charge in [0.15, 0.2) is 0 Å². The molecule has 0 aromatic heterocycles. The molecule has 0 saturated heterocycles. The standard InChI is InChI=1S/2C17H13.2CH3.2ClH.H2Si.Zr/c2*1-3-7-14(8-4-1)16-11-12-17(13-16)15-9-5-2-6-10-15;;;;;;/h2*1-12,16H;2*1H3;2*1H;1H2;. The van der Waals surface area contributed by atoms with E-state index in [9.17, 15) is 0 Å². The van der Waals surface area contributed by atoms with Crippen LogP contribution in [0.3, 0.4) is 0 Å². The van der Waals surface area contributed by atoms with Gasteiger partial charge in [0.2, 0.25) is 0 Å². The molecule has 0 spiro atoms. The fraction of sp³-hybridized carbons (Fsp3) is 0.111. The zero-order chi connectivity index (χ0) is 26.2. The van der Waals surface area contributed by atoms with Crippen LogP contribution >= 0.6 is 24.8 Å². The number of hydrogen-bond donors (Lipinski definition) is 0. The first-order valence-electron chi connectivity index (χ1n) is 13.6. The van der Waals surface area contributed by atoms with Gasteiger partial charge in [0.1, 0.15) is 0 Å². The molecule has 0 amide bonds. The summed E-state index contributed by atoms with van der Waals surface area (Å²) >= 11 is -3.88. The molecule has 4 heteroatoms. The number of hydrogen-bond acceptors (Lipinski definition) is 0. The van der Waals surface area contributed by atoms with Crippen LogP contribution in [0.5, 0.6) is 0 Å². The SMILES string of the molecule is Cl.Cl.[CH3][Zr]([CH3])(=[SiH2])([C]1=C(c2ccccc2)C=CC1c1ccccc1)[C]1=C(c2ccccc2)C=CC1c1ccccc1. The minimum atomic E-state index is -3.88. The van der Waals surface area contributed by atoms with Crippen LogP contribution in [-0.4, -0.2) is 6.88 Å². The van der Waals surface area contributed by atoms with E-state index in [1.165, 1.54) is 33.4 Å². The van der Waals surface area contributed by atoms with Gasteiger partial charge in [-0.1, -0.05) is 0 Å². The van der Waals surface area contributed by atoms with Crippen molar-refractivity contribution in [3.05, 3.63) is 174 Å². The van der Waals surface area contributed by atoms with Crippen LogP contribution in [0.25, 0.3) is 11.1 Å². The number of allylic oxidation sites excluding steroid dienone is 8. The third kappa shape index (κ3) is 5.53.